The number of halogens is 2. The van der Waals surface area contributed by atoms with Crippen LogP contribution >= 0.6 is 23.2 Å². The van der Waals surface area contributed by atoms with Crippen molar-refractivity contribution in [3.63, 3.8) is 0 Å². The van der Waals surface area contributed by atoms with Crippen molar-refractivity contribution >= 4 is 34.9 Å². The van der Waals surface area contributed by atoms with Crippen molar-refractivity contribution in [2.45, 2.75) is 13.5 Å². The van der Waals surface area contributed by atoms with Gasteiger partial charge >= 0.3 is 0 Å². The molecule has 0 radical (unpaired) electrons. The summed E-state index contributed by atoms with van der Waals surface area (Å²) in [7, 11) is 0. The lowest BCUT2D eigenvalue weighted by Crippen LogP contribution is -2.01. The van der Waals surface area contributed by atoms with Gasteiger partial charge in [-0.3, -0.25) is 0 Å². The lowest BCUT2D eigenvalue weighted by molar-refractivity contribution is 0.269. The molecule has 0 fully saturated rings. The van der Waals surface area contributed by atoms with Crippen LogP contribution in [-0.2, 0) is 6.61 Å². The van der Waals surface area contributed by atoms with E-state index in [0.717, 1.165) is 16.7 Å². The van der Waals surface area contributed by atoms with E-state index in [1.54, 1.807) is 12.1 Å². The molecule has 0 saturated carbocycles. The standard InChI is InChI=1S/C24H19Cl2NO2/c1-2-28-23-14-18(12-20(15-27)19-6-4-3-5-7-19)13-22(26)24(23)29-16-17-8-10-21(25)11-9-17/h3-14H,2,16H2,1H3/b20-12+. The first-order valence-electron chi connectivity index (χ1n) is 9.11. The van der Waals surface area contributed by atoms with Crippen molar-refractivity contribution in [3.8, 4) is 17.6 Å². The summed E-state index contributed by atoms with van der Waals surface area (Å²) in [5, 5.41) is 10.6. The highest BCUT2D eigenvalue weighted by Crippen LogP contribution is 2.38. The quantitative estimate of drug-likeness (QED) is 0.302. The average molecular weight is 424 g/mol. The Morgan fingerprint density at radius 1 is 1.00 bits per heavy atom. The van der Waals surface area contributed by atoms with Gasteiger partial charge in [0.05, 0.1) is 23.3 Å². The minimum atomic E-state index is 0.333. The molecule has 0 aliphatic carbocycles. The van der Waals surface area contributed by atoms with E-state index in [2.05, 4.69) is 6.07 Å². The predicted molar refractivity (Wildman–Crippen MR) is 118 cm³/mol. The van der Waals surface area contributed by atoms with E-state index in [4.69, 9.17) is 32.7 Å². The molecule has 3 aromatic carbocycles. The molecule has 0 aliphatic rings. The van der Waals surface area contributed by atoms with Gasteiger partial charge in [-0.05, 0) is 54.0 Å². The van der Waals surface area contributed by atoms with E-state index in [0.29, 0.717) is 40.3 Å². The predicted octanol–water partition coefficient (Wildman–Crippen LogP) is 7.04. The fraction of sp³-hybridized carbons (Fsp3) is 0.125. The van der Waals surface area contributed by atoms with E-state index in [9.17, 15) is 5.26 Å². The second kappa shape index (κ2) is 10.0. The molecule has 0 saturated heterocycles. The Kier molecular flexibility index (Phi) is 7.19. The SMILES string of the molecule is CCOc1cc(/C=C(\C#N)c2ccccc2)cc(Cl)c1OCc1ccc(Cl)cc1. The van der Waals surface area contributed by atoms with Crippen LogP contribution in [0, 0.1) is 11.3 Å². The molecule has 0 atom stereocenters. The van der Waals surface area contributed by atoms with Crippen LogP contribution in [0.25, 0.3) is 11.6 Å². The minimum absolute atomic E-state index is 0.333. The second-order valence-electron chi connectivity index (χ2n) is 6.21. The summed E-state index contributed by atoms with van der Waals surface area (Å²) in [5.74, 6) is 1.00. The van der Waals surface area contributed by atoms with Crippen LogP contribution in [0.2, 0.25) is 10.0 Å². The molecular weight excluding hydrogens is 405 g/mol. The molecule has 0 aromatic heterocycles. The highest BCUT2D eigenvalue weighted by atomic mass is 35.5. The topological polar surface area (TPSA) is 42.2 Å². The zero-order valence-corrected chi connectivity index (χ0v) is 17.4. The summed E-state index contributed by atoms with van der Waals surface area (Å²) < 4.78 is 11.7. The van der Waals surface area contributed by atoms with Crippen LogP contribution < -0.4 is 9.47 Å². The number of benzene rings is 3. The molecule has 5 heteroatoms. The number of rotatable bonds is 7. The van der Waals surface area contributed by atoms with Gasteiger partial charge in [0, 0.05) is 5.02 Å². The zero-order valence-electron chi connectivity index (χ0n) is 15.9. The zero-order chi connectivity index (χ0) is 20.6. The Labute approximate surface area is 180 Å². The number of hydrogen-bond donors (Lipinski definition) is 0. The van der Waals surface area contributed by atoms with Crippen LogP contribution in [0.3, 0.4) is 0 Å². The third kappa shape index (κ3) is 5.54. The molecule has 3 nitrogen and oxygen atoms in total. The third-order valence-electron chi connectivity index (χ3n) is 4.14. The third-order valence-corrected chi connectivity index (χ3v) is 4.68. The minimum Gasteiger partial charge on any atom is -0.490 e. The van der Waals surface area contributed by atoms with Gasteiger partial charge in [0.25, 0.3) is 0 Å². The highest BCUT2D eigenvalue weighted by Gasteiger charge is 2.13. The maximum absolute atomic E-state index is 9.55. The monoisotopic (exact) mass is 423 g/mol. The Balaban J connectivity index is 1.90. The Hall–Kier alpha value is -2.93. The molecule has 0 aliphatic heterocycles. The molecular formula is C24H19Cl2NO2. The molecule has 0 bridgehead atoms. The van der Waals surface area contributed by atoms with Gasteiger partial charge in [0.15, 0.2) is 11.5 Å². The molecule has 0 unspecified atom stereocenters. The van der Waals surface area contributed by atoms with E-state index >= 15 is 0 Å². The van der Waals surface area contributed by atoms with Gasteiger partial charge in [-0.1, -0.05) is 65.7 Å². The van der Waals surface area contributed by atoms with Gasteiger partial charge in [0.2, 0.25) is 0 Å². The second-order valence-corrected chi connectivity index (χ2v) is 7.06. The number of nitrogens with zero attached hydrogens (tertiary/aromatic N) is 1. The van der Waals surface area contributed by atoms with Crippen LogP contribution in [0.5, 0.6) is 11.5 Å². The molecule has 3 rings (SSSR count). The van der Waals surface area contributed by atoms with Crippen molar-refractivity contribution in [1.29, 1.82) is 5.26 Å². The van der Waals surface area contributed by atoms with Crippen molar-refractivity contribution < 1.29 is 9.47 Å². The first kappa shape index (κ1) is 20.8. The molecule has 0 amide bonds. The van der Waals surface area contributed by atoms with Crippen LogP contribution in [0.1, 0.15) is 23.6 Å². The number of nitriles is 1. The number of hydrogen-bond acceptors (Lipinski definition) is 3. The molecule has 29 heavy (non-hydrogen) atoms. The van der Waals surface area contributed by atoms with Crippen molar-refractivity contribution in [3.05, 3.63) is 93.5 Å². The van der Waals surface area contributed by atoms with Gasteiger partial charge in [0.1, 0.15) is 6.61 Å². The van der Waals surface area contributed by atoms with E-state index in [1.165, 1.54) is 0 Å². The Morgan fingerprint density at radius 2 is 1.72 bits per heavy atom. The summed E-state index contributed by atoms with van der Waals surface area (Å²) in [4.78, 5) is 0. The summed E-state index contributed by atoms with van der Waals surface area (Å²) >= 11 is 12.4. The average Bonchev–Trinajstić information content (AvgIpc) is 2.73. The maximum Gasteiger partial charge on any atom is 0.180 e. The number of ether oxygens (including phenoxy) is 2. The largest absolute Gasteiger partial charge is 0.490 e. The molecule has 3 aromatic rings. The molecule has 146 valence electrons. The highest BCUT2D eigenvalue weighted by molar-refractivity contribution is 6.32. The Bertz CT molecular complexity index is 1040. The van der Waals surface area contributed by atoms with Crippen LogP contribution in [0.15, 0.2) is 66.7 Å². The normalized spacial score (nSPS) is 11.0. The summed E-state index contributed by atoms with van der Waals surface area (Å²) in [6, 6.07) is 22.7. The fourth-order valence-corrected chi connectivity index (χ4v) is 3.17. The van der Waals surface area contributed by atoms with Crippen molar-refractivity contribution in [2.75, 3.05) is 6.61 Å². The first-order chi connectivity index (χ1) is 14.1. The molecule has 0 spiro atoms. The summed E-state index contributed by atoms with van der Waals surface area (Å²) in [6.45, 7) is 2.69. The lowest BCUT2D eigenvalue weighted by Gasteiger charge is -2.15. The van der Waals surface area contributed by atoms with E-state index in [-0.39, 0.29) is 0 Å². The van der Waals surface area contributed by atoms with Gasteiger partial charge in [-0.2, -0.15) is 5.26 Å². The maximum atomic E-state index is 9.55. The van der Waals surface area contributed by atoms with E-state index in [1.807, 2.05) is 67.6 Å². The summed E-state index contributed by atoms with van der Waals surface area (Å²) in [6.07, 6.45) is 1.78. The van der Waals surface area contributed by atoms with Crippen molar-refractivity contribution in [1.82, 2.24) is 0 Å². The van der Waals surface area contributed by atoms with Gasteiger partial charge in [-0.15, -0.1) is 0 Å². The first-order valence-corrected chi connectivity index (χ1v) is 9.87. The fourth-order valence-electron chi connectivity index (χ4n) is 2.77. The lowest BCUT2D eigenvalue weighted by atomic mass is 10.0. The molecule has 0 N–H and O–H groups in total. The van der Waals surface area contributed by atoms with E-state index < -0.39 is 0 Å². The smallest absolute Gasteiger partial charge is 0.180 e. The van der Waals surface area contributed by atoms with Gasteiger partial charge < -0.3 is 9.47 Å². The van der Waals surface area contributed by atoms with Crippen LogP contribution in [0.4, 0.5) is 0 Å². The number of allylic oxidation sites excluding steroid dienone is 1. The Morgan fingerprint density at radius 3 is 2.38 bits per heavy atom. The molecule has 0 heterocycles. The summed E-state index contributed by atoms with van der Waals surface area (Å²) in [5.41, 5.74) is 3.11. The van der Waals surface area contributed by atoms with Gasteiger partial charge in [-0.25, -0.2) is 0 Å². The van der Waals surface area contributed by atoms with Crippen molar-refractivity contribution in [2.24, 2.45) is 0 Å². The van der Waals surface area contributed by atoms with Crippen LogP contribution in [-0.4, -0.2) is 6.61 Å².